The highest BCUT2D eigenvalue weighted by Crippen LogP contribution is 2.67. The van der Waals surface area contributed by atoms with Crippen LogP contribution in [0.25, 0.3) is 0 Å². The molecule has 8 atom stereocenters. The van der Waals surface area contributed by atoms with Gasteiger partial charge in [-0.25, -0.2) is 0 Å². The van der Waals surface area contributed by atoms with Gasteiger partial charge in [-0.2, -0.15) is 0 Å². The second-order valence-corrected chi connectivity index (χ2v) is 20.1. The Morgan fingerprint density at radius 1 is 0.853 bits per heavy atom. The van der Waals surface area contributed by atoms with Crippen molar-refractivity contribution in [3.63, 3.8) is 0 Å². The molecule has 1 unspecified atom stereocenters. The Labute approximate surface area is 213 Å². The van der Waals surface area contributed by atoms with Gasteiger partial charge in [-0.15, -0.1) is 0 Å². The summed E-state index contributed by atoms with van der Waals surface area (Å²) in [6.45, 7) is 19.6. The zero-order chi connectivity index (χ0) is 25.0. The fourth-order valence-corrected chi connectivity index (χ4v) is 10.6. The maximum absolute atomic E-state index is 11.5. The molecule has 198 valence electrons. The molecule has 4 saturated carbocycles. The third kappa shape index (κ3) is 4.73. The van der Waals surface area contributed by atoms with Gasteiger partial charge >= 0.3 is 0 Å². The minimum atomic E-state index is -1.74. The van der Waals surface area contributed by atoms with Gasteiger partial charge in [0.1, 0.15) is 0 Å². The lowest BCUT2D eigenvalue weighted by molar-refractivity contribution is -0.155. The molecule has 0 aliphatic heterocycles. The van der Waals surface area contributed by atoms with Crippen LogP contribution in [0.15, 0.2) is 0 Å². The minimum absolute atomic E-state index is 0.291. The van der Waals surface area contributed by atoms with Crippen LogP contribution in [0.1, 0.15) is 131 Å². The average Bonchev–Trinajstić information content (AvgIpc) is 3.07. The molecule has 0 aromatic rings. The predicted molar refractivity (Wildman–Crippen MR) is 148 cm³/mol. The van der Waals surface area contributed by atoms with Crippen molar-refractivity contribution in [1.29, 1.82) is 0 Å². The second-order valence-electron chi connectivity index (χ2n) is 15.4. The normalized spacial score (nSPS) is 44.9. The lowest BCUT2D eigenvalue weighted by Crippen LogP contribution is -2.57. The van der Waals surface area contributed by atoms with Crippen molar-refractivity contribution < 1.29 is 9.53 Å². The van der Waals surface area contributed by atoms with E-state index in [0.717, 1.165) is 42.9 Å². The molecule has 0 saturated heterocycles. The first-order valence-corrected chi connectivity index (χ1v) is 18.1. The summed E-state index contributed by atoms with van der Waals surface area (Å²) in [7, 11) is -1.74. The zero-order valence-corrected chi connectivity index (χ0v) is 25.1. The van der Waals surface area contributed by atoms with Crippen LogP contribution in [0.5, 0.6) is 0 Å². The van der Waals surface area contributed by atoms with Gasteiger partial charge in [0.05, 0.1) is 11.7 Å². The Balaban J connectivity index is 1.44. The summed E-state index contributed by atoms with van der Waals surface area (Å²) >= 11 is 0. The van der Waals surface area contributed by atoms with Crippen molar-refractivity contribution >= 4 is 8.32 Å². The quantitative estimate of drug-likeness (QED) is 0.285. The summed E-state index contributed by atoms with van der Waals surface area (Å²) in [6, 6.07) is 0. The first kappa shape index (κ1) is 27.2. The first-order chi connectivity index (χ1) is 15.8. The Bertz CT molecular complexity index is 713. The van der Waals surface area contributed by atoms with Gasteiger partial charge in [-0.3, -0.25) is 0 Å². The Morgan fingerprint density at radius 2 is 1.56 bits per heavy atom. The fourth-order valence-electron chi connectivity index (χ4n) is 9.11. The molecule has 3 heteroatoms. The number of hydrogen-bond donors (Lipinski definition) is 1. The predicted octanol–water partition coefficient (Wildman–Crippen LogP) is 9.12. The highest BCUT2D eigenvalue weighted by molar-refractivity contribution is 6.74. The molecule has 0 bridgehead atoms. The molecule has 0 radical (unpaired) electrons. The third-order valence-electron chi connectivity index (χ3n) is 12.5. The lowest BCUT2D eigenvalue weighted by Gasteiger charge is -2.62. The summed E-state index contributed by atoms with van der Waals surface area (Å²) in [5.74, 6) is 3.36. The topological polar surface area (TPSA) is 29.5 Å². The molecule has 0 spiro atoms. The van der Waals surface area contributed by atoms with E-state index in [1.165, 1.54) is 70.6 Å². The summed E-state index contributed by atoms with van der Waals surface area (Å²) in [4.78, 5) is 0. The van der Waals surface area contributed by atoms with Gasteiger partial charge < -0.3 is 9.53 Å². The number of fused-ring (bicyclic) bond motifs is 5. The molecule has 4 aliphatic rings. The maximum Gasteiger partial charge on any atom is 0.192 e. The van der Waals surface area contributed by atoms with E-state index in [9.17, 15) is 5.11 Å². The molecule has 0 heterocycles. The summed E-state index contributed by atoms with van der Waals surface area (Å²) in [5, 5.41) is 11.8. The van der Waals surface area contributed by atoms with Crippen LogP contribution in [0.2, 0.25) is 18.1 Å². The Kier molecular flexibility index (Phi) is 7.56. The maximum atomic E-state index is 11.5. The molecule has 0 amide bonds. The Morgan fingerprint density at radius 3 is 2.24 bits per heavy atom. The minimum Gasteiger partial charge on any atom is -0.413 e. The van der Waals surface area contributed by atoms with Crippen LogP contribution in [0, 0.1) is 34.5 Å². The van der Waals surface area contributed by atoms with E-state index in [-0.39, 0.29) is 5.60 Å². The third-order valence-corrected chi connectivity index (χ3v) is 17.0. The van der Waals surface area contributed by atoms with Gasteiger partial charge in [0.25, 0.3) is 0 Å². The molecule has 4 fully saturated rings. The smallest absolute Gasteiger partial charge is 0.192 e. The highest BCUT2D eigenvalue weighted by atomic mass is 28.4. The van der Waals surface area contributed by atoms with Crippen LogP contribution < -0.4 is 0 Å². The summed E-state index contributed by atoms with van der Waals surface area (Å²) in [6.07, 6.45) is 18.2. The molecular formula is C31H58O2Si. The molecule has 4 rings (SSSR count). The monoisotopic (exact) mass is 490 g/mol. The number of unbranched alkanes of at least 4 members (excludes halogenated alkanes) is 3. The van der Waals surface area contributed by atoms with Crippen LogP contribution in [0.3, 0.4) is 0 Å². The molecule has 1 N–H and O–H groups in total. The molecule has 0 aromatic heterocycles. The summed E-state index contributed by atoms with van der Waals surface area (Å²) in [5.41, 5.74) is 0.468. The SMILES string of the molecule is CCCCCC[C@]1(O)CC[C@@]2(C)C(CC[C@H]3[C@@H]4CC[C@H](O[Si](C)(C)C(C)(C)C)[C@@]4(C)CC[C@@H]32)C1. The first-order valence-electron chi connectivity index (χ1n) is 15.2. The molecule has 34 heavy (non-hydrogen) atoms. The van der Waals surface area contributed by atoms with Crippen LogP contribution in [-0.4, -0.2) is 25.1 Å². The van der Waals surface area contributed by atoms with Gasteiger partial charge in [-0.05, 0) is 117 Å². The van der Waals surface area contributed by atoms with Gasteiger partial charge in [0.15, 0.2) is 8.32 Å². The second kappa shape index (κ2) is 9.46. The number of aliphatic hydroxyl groups is 1. The van der Waals surface area contributed by atoms with E-state index in [0.29, 0.717) is 22.0 Å². The van der Waals surface area contributed by atoms with Crippen LogP contribution in [0.4, 0.5) is 0 Å². The van der Waals surface area contributed by atoms with E-state index in [1.54, 1.807) is 0 Å². The van der Waals surface area contributed by atoms with Crippen molar-refractivity contribution in [3.8, 4) is 0 Å². The highest BCUT2D eigenvalue weighted by Gasteiger charge is 2.62. The Hall–Kier alpha value is 0.137. The summed E-state index contributed by atoms with van der Waals surface area (Å²) < 4.78 is 7.14. The standard InChI is InChI=1S/C31H58O2Si/c1-9-10-11-12-18-31(32)21-20-29(5)23(22-31)13-14-24-25-15-16-27(30(25,6)19-17-26(24)29)33-34(7,8)28(2,3)4/h23-27,32H,9-22H2,1-8H3/t23?,24-,25-,26-,27-,29-,30-,31-/m0/s1. The van der Waals surface area contributed by atoms with Gasteiger partial charge in [-0.1, -0.05) is 67.2 Å². The fraction of sp³-hybridized carbons (Fsp3) is 1.00. The largest absolute Gasteiger partial charge is 0.413 e. The van der Waals surface area contributed by atoms with Crippen LogP contribution in [-0.2, 0) is 4.43 Å². The van der Waals surface area contributed by atoms with E-state index in [2.05, 4.69) is 54.6 Å². The van der Waals surface area contributed by atoms with E-state index in [4.69, 9.17) is 4.43 Å². The van der Waals surface area contributed by atoms with E-state index >= 15 is 0 Å². The van der Waals surface area contributed by atoms with Crippen LogP contribution >= 0.6 is 0 Å². The zero-order valence-electron chi connectivity index (χ0n) is 24.1. The average molecular weight is 491 g/mol. The van der Waals surface area contributed by atoms with Crippen molar-refractivity contribution in [2.24, 2.45) is 34.5 Å². The molecular weight excluding hydrogens is 432 g/mol. The van der Waals surface area contributed by atoms with Crippen molar-refractivity contribution in [1.82, 2.24) is 0 Å². The molecule has 0 aromatic carbocycles. The van der Waals surface area contributed by atoms with Crippen molar-refractivity contribution in [3.05, 3.63) is 0 Å². The number of hydrogen-bond acceptors (Lipinski definition) is 2. The molecule has 4 aliphatic carbocycles. The van der Waals surface area contributed by atoms with Crippen molar-refractivity contribution in [2.75, 3.05) is 0 Å². The van der Waals surface area contributed by atoms with E-state index in [1.807, 2.05) is 0 Å². The van der Waals surface area contributed by atoms with Crippen molar-refractivity contribution in [2.45, 2.75) is 161 Å². The van der Waals surface area contributed by atoms with Gasteiger partial charge in [0.2, 0.25) is 0 Å². The molecule has 2 nitrogen and oxygen atoms in total. The van der Waals surface area contributed by atoms with Gasteiger partial charge in [0, 0.05) is 0 Å². The van der Waals surface area contributed by atoms with E-state index < -0.39 is 8.32 Å². The lowest BCUT2D eigenvalue weighted by atomic mass is 9.44. The number of rotatable bonds is 7.